The Kier molecular flexibility index (Phi) is 6.54. The van der Waals surface area contributed by atoms with Crippen LogP contribution in [0.1, 0.15) is 58.6 Å². The van der Waals surface area contributed by atoms with E-state index >= 15 is 4.39 Å². The van der Waals surface area contributed by atoms with Crippen LogP contribution in [-0.4, -0.2) is 55.7 Å². The van der Waals surface area contributed by atoms with Crippen molar-refractivity contribution in [3.05, 3.63) is 99.3 Å². The monoisotopic (exact) mass is 560 g/mol. The van der Waals surface area contributed by atoms with Crippen molar-refractivity contribution in [3.8, 4) is 5.75 Å². The number of ketones is 1. The number of aliphatic hydroxyl groups is 3. The van der Waals surface area contributed by atoms with Crippen molar-refractivity contribution < 1.29 is 34.4 Å². The van der Waals surface area contributed by atoms with E-state index < -0.39 is 40.7 Å². The predicted molar refractivity (Wildman–Crippen MR) is 149 cm³/mol. The Labute approximate surface area is 236 Å². The minimum Gasteiger partial charge on any atom is -0.511 e. The van der Waals surface area contributed by atoms with E-state index in [0.29, 0.717) is 11.5 Å². The summed E-state index contributed by atoms with van der Waals surface area (Å²) in [5, 5.41) is 44.2. The van der Waals surface area contributed by atoms with Crippen LogP contribution in [0, 0.1) is 17.7 Å². The molecule has 2 aromatic rings. The molecular weight excluding hydrogens is 527 g/mol. The molecule has 9 heteroatoms. The minimum absolute atomic E-state index is 0.0238. The molecule has 6 N–H and O–H groups in total. The average molecular weight is 561 g/mol. The lowest BCUT2D eigenvalue weighted by atomic mass is 9.59. The number of halogens is 1. The molecule has 1 saturated heterocycles. The van der Waals surface area contributed by atoms with E-state index in [0.717, 1.165) is 25.9 Å². The molecule has 1 fully saturated rings. The standard InChI is InChI=1S/C32H33FN2O6/c1-16-25(31(34)40)24(37)14-21-11-19-12-22-27(29(38)26(19)30(39)32(16,21)41)23(36)13-20(28(22)33)15-35-9-7-18(8-10-35)17-5-3-2-4-6-17/h2-6,13,18-19,21,36-37,39,41H,1,7-12,14-15H2,(H2,34,40)/t19-,21+,32+/m1/s1. The Bertz CT molecular complexity index is 1540. The van der Waals surface area contributed by atoms with Crippen LogP contribution in [0.5, 0.6) is 5.75 Å². The molecule has 0 saturated carbocycles. The molecule has 41 heavy (non-hydrogen) atoms. The van der Waals surface area contributed by atoms with Crippen LogP contribution in [0.4, 0.5) is 4.39 Å². The average Bonchev–Trinajstić information content (AvgIpc) is 2.94. The van der Waals surface area contributed by atoms with Gasteiger partial charge in [-0.1, -0.05) is 36.9 Å². The van der Waals surface area contributed by atoms with Crippen LogP contribution in [0.3, 0.4) is 0 Å². The summed E-state index contributed by atoms with van der Waals surface area (Å²) in [6.45, 7) is 5.55. The fourth-order valence-electron chi connectivity index (χ4n) is 7.40. The summed E-state index contributed by atoms with van der Waals surface area (Å²) in [7, 11) is 0. The molecule has 0 spiro atoms. The molecule has 0 aromatic heterocycles. The lowest BCUT2D eigenvalue weighted by Gasteiger charge is -2.47. The summed E-state index contributed by atoms with van der Waals surface area (Å²) in [4.78, 5) is 27.7. The first kappa shape index (κ1) is 27.2. The van der Waals surface area contributed by atoms with E-state index in [-0.39, 0.29) is 65.2 Å². The van der Waals surface area contributed by atoms with Gasteiger partial charge >= 0.3 is 0 Å². The SMILES string of the molecule is C=C1C(C(N)=O)=C(O)C[C@@H]2C[C@@H]3Cc4c(F)c(CN5CCC(c6ccccc6)CC5)cc(O)c4C(=O)C3=C(O)[C@]12O. The lowest BCUT2D eigenvalue weighted by molar-refractivity contribution is -0.115. The molecule has 6 rings (SSSR count). The fraction of sp³-hybridized carbons (Fsp3) is 0.375. The summed E-state index contributed by atoms with van der Waals surface area (Å²) >= 11 is 0. The highest BCUT2D eigenvalue weighted by molar-refractivity contribution is 6.13. The number of carbonyl (C=O) groups excluding carboxylic acids is 2. The molecule has 1 heterocycles. The van der Waals surface area contributed by atoms with Crippen molar-refractivity contribution in [3.63, 3.8) is 0 Å². The van der Waals surface area contributed by atoms with Gasteiger partial charge in [0, 0.05) is 41.2 Å². The van der Waals surface area contributed by atoms with Crippen LogP contribution in [0.15, 0.2) is 71.2 Å². The van der Waals surface area contributed by atoms with Gasteiger partial charge in [-0.2, -0.15) is 0 Å². The van der Waals surface area contributed by atoms with Gasteiger partial charge in [-0.3, -0.25) is 14.5 Å². The van der Waals surface area contributed by atoms with E-state index in [1.54, 1.807) is 0 Å². The van der Waals surface area contributed by atoms with Gasteiger partial charge in [0.25, 0.3) is 5.91 Å². The number of phenolic OH excluding ortho intramolecular Hbond substituents is 1. The maximum Gasteiger partial charge on any atom is 0.252 e. The molecule has 1 aliphatic heterocycles. The number of Topliss-reactive ketones (excluding diaryl/α,β-unsaturated/α-hetero) is 1. The number of aromatic hydroxyl groups is 1. The number of allylic oxidation sites excluding steroid dienone is 2. The second kappa shape index (κ2) is 9.85. The number of primary amides is 1. The number of nitrogens with zero attached hydrogens (tertiary/aromatic N) is 1. The zero-order valence-electron chi connectivity index (χ0n) is 22.6. The maximum atomic E-state index is 16.0. The number of phenols is 1. The Morgan fingerprint density at radius 1 is 1.10 bits per heavy atom. The molecule has 4 aliphatic rings. The predicted octanol–water partition coefficient (Wildman–Crippen LogP) is 4.09. The van der Waals surface area contributed by atoms with Crippen LogP contribution >= 0.6 is 0 Å². The van der Waals surface area contributed by atoms with Crippen LogP contribution in [0.25, 0.3) is 0 Å². The minimum atomic E-state index is -2.20. The van der Waals surface area contributed by atoms with Crippen molar-refractivity contribution in [1.82, 2.24) is 4.90 Å². The van der Waals surface area contributed by atoms with Crippen molar-refractivity contribution in [2.45, 2.75) is 50.2 Å². The van der Waals surface area contributed by atoms with Crippen LogP contribution < -0.4 is 5.73 Å². The van der Waals surface area contributed by atoms with Gasteiger partial charge in [0.1, 0.15) is 23.1 Å². The number of aliphatic hydroxyl groups excluding tert-OH is 2. The van der Waals surface area contributed by atoms with Gasteiger partial charge in [-0.25, -0.2) is 4.39 Å². The number of rotatable bonds is 4. The number of amides is 1. The van der Waals surface area contributed by atoms with E-state index in [9.17, 15) is 30.0 Å². The third-order valence-corrected chi connectivity index (χ3v) is 9.51. The van der Waals surface area contributed by atoms with E-state index in [1.165, 1.54) is 11.6 Å². The van der Waals surface area contributed by atoms with Gasteiger partial charge in [0.2, 0.25) is 0 Å². The van der Waals surface area contributed by atoms with E-state index in [2.05, 4.69) is 23.6 Å². The lowest BCUT2D eigenvalue weighted by Crippen LogP contribution is -2.52. The summed E-state index contributed by atoms with van der Waals surface area (Å²) in [6.07, 6.45) is 1.84. The van der Waals surface area contributed by atoms with E-state index in [4.69, 9.17) is 5.73 Å². The Morgan fingerprint density at radius 2 is 1.78 bits per heavy atom. The highest BCUT2D eigenvalue weighted by Crippen LogP contribution is 2.54. The largest absolute Gasteiger partial charge is 0.511 e. The first-order valence-electron chi connectivity index (χ1n) is 13.9. The normalized spacial score (nSPS) is 27.0. The summed E-state index contributed by atoms with van der Waals surface area (Å²) < 4.78 is 16.0. The number of benzene rings is 2. The molecule has 2 aromatic carbocycles. The highest BCUT2D eigenvalue weighted by Gasteiger charge is 2.56. The van der Waals surface area contributed by atoms with Gasteiger partial charge in [0.05, 0.1) is 11.1 Å². The van der Waals surface area contributed by atoms with Crippen molar-refractivity contribution in [2.75, 3.05) is 13.1 Å². The van der Waals surface area contributed by atoms with Crippen LogP contribution in [-0.2, 0) is 17.8 Å². The molecule has 0 unspecified atom stereocenters. The van der Waals surface area contributed by atoms with Crippen molar-refractivity contribution in [1.29, 1.82) is 0 Å². The first-order valence-corrected chi connectivity index (χ1v) is 13.9. The second-order valence-corrected chi connectivity index (χ2v) is 11.7. The van der Waals surface area contributed by atoms with Crippen molar-refractivity contribution >= 4 is 11.7 Å². The van der Waals surface area contributed by atoms with Gasteiger partial charge in [0.15, 0.2) is 11.4 Å². The molecule has 214 valence electrons. The quantitative estimate of drug-likeness (QED) is 0.379. The zero-order valence-corrected chi connectivity index (χ0v) is 22.6. The molecule has 1 amide bonds. The molecular formula is C32H33FN2O6. The topological polar surface area (TPSA) is 144 Å². The molecule has 0 bridgehead atoms. The summed E-state index contributed by atoms with van der Waals surface area (Å²) in [6, 6.07) is 11.6. The highest BCUT2D eigenvalue weighted by atomic mass is 19.1. The number of fused-ring (bicyclic) bond motifs is 3. The molecule has 0 radical (unpaired) electrons. The van der Waals surface area contributed by atoms with Crippen LogP contribution in [0.2, 0.25) is 0 Å². The third kappa shape index (κ3) is 4.18. The molecule has 8 nitrogen and oxygen atoms in total. The zero-order chi connectivity index (χ0) is 29.2. The number of hydrogen-bond acceptors (Lipinski definition) is 7. The van der Waals surface area contributed by atoms with Gasteiger partial charge < -0.3 is 26.2 Å². The smallest absolute Gasteiger partial charge is 0.252 e. The summed E-state index contributed by atoms with van der Waals surface area (Å²) in [5.41, 5.74) is 3.81. The number of hydrogen-bond donors (Lipinski definition) is 5. The van der Waals surface area contributed by atoms with E-state index in [1.807, 2.05) is 18.2 Å². The molecule has 3 atom stereocenters. The first-order chi connectivity index (χ1) is 19.5. The summed E-state index contributed by atoms with van der Waals surface area (Å²) in [5.74, 6) is -4.81. The fourth-order valence-corrected chi connectivity index (χ4v) is 7.40. The third-order valence-electron chi connectivity index (χ3n) is 9.51. The Hall–Kier alpha value is -3.95. The Morgan fingerprint density at radius 3 is 2.44 bits per heavy atom. The maximum absolute atomic E-state index is 16.0. The molecule has 3 aliphatic carbocycles. The number of piperidine rings is 1. The Balaban J connectivity index is 1.29. The second-order valence-electron chi connectivity index (χ2n) is 11.7. The van der Waals surface area contributed by atoms with Crippen molar-refractivity contribution in [2.24, 2.45) is 17.6 Å². The number of carbonyl (C=O) groups is 2. The van der Waals surface area contributed by atoms with Gasteiger partial charge in [-0.15, -0.1) is 0 Å². The number of likely N-dealkylation sites (tertiary alicyclic amines) is 1. The van der Waals surface area contributed by atoms with Gasteiger partial charge in [-0.05, 0) is 62.2 Å². The number of nitrogens with two attached hydrogens (primary N) is 1.